The molecule has 16 nitrogen and oxygen atoms in total. The number of aromatic hydroxyl groups is 1. The zero-order valence-corrected chi connectivity index (χ0v) is 41.6. The van der Waals surface area contributed by atoms with Crippen molar-refractivity contribution in [3.8, 4) is 28.1 Å². The number of nitrogens with one attached hydrogen (secondary N) is 2. The number of carbonyl (C=O) groups is 5. The fourth-order valence-corrected chi connectivity index (χ4v) is 9.99. The van der Waals surface area contributed by atoms with Crippen molar-refractivity contribution in [2.45, 2.75) is 124 Å². The summed E-state index contributed by atoms with van der Waals surface area (Å²) in [6.45, 7) is 17.4. The predicted molar refractivity (Wildman–Crippen MR) is 260 cm³/mol. The number of ether oxygens (including phenoxy) is 2. The average Bonchev–Trinajstić information content (AvgIpc) is 4.06. The van der Waals surface area contributed by atoms with Gasteiger partial charge in [0.05, 0.1) is 30.6 Å². The summed E-state index contributed by atoms with van der Waals surface area (Å²) in [6.07, 6.45) is 2.94. The lowest BCUT2D eigenvalue weighted by molar-refractivity contribution is -0.155. The molecule has 68 heavy (non-hydrogen) atoms. The lowest BCUT2D eigenvalue weighted by atomic mass is 9.84. The molecule has 2 fully saturated rings. The Labute approximate surface area is 400 Å². The van der Waals surface area contributed by atoms with Crippen molar-refractivity contribution in [2.24, 2.45) is 11.3 Å². The fourth-order valence-electron chi connectivity index (χ4n) is 9.99. The van der Waals surface area contributed by atoms with E-state index in [1.807, 2.05) is 57.7 Å². The molecule has 0 spiro atoms. The van der Waals surface area contributed by atoms with Crippen molar-refractivity contribution in [3.63, 3.8) is 0 Å². The van der Waals surface area contributed by atoms with E-state index in [2.05, 4.69) is 54.3 Å². The molecule has 0 radical (unpaired) electrons. The second kappa shape index (κ2) is 20.4. The molecule has 7 rings (SSSR count). The highest BCUT2D eigenvalue weighted by molar-refractivity contribution is 5.96. The minimum absolute atomic E-state index is 0.0167. The molecule has 0 aliphatic carbocycles. The molecule has 2 saturated heterocycles. The second-order valence-electron chi connectivity index (χ2n) is 20.2. The van der Waals surface area contributed by atoms with Gasteiger partial charge in [0.15, 0.2) is 0 Å². The number of hydrogen-bond acceptors (Lipinski definition) is 11. The molecule has 3 aliphatic rings. The van der Waals surface area contributed by atoms with Gasteiger partial charge in [0.2, 0.25) is 17.7 Å². The van der Waals surface area contributed by atoms with Crippen molar-refractivity contribution in [1.82, 2.24) is 40.0 Å². The van der Waals surface area contributed by atoms with Gasteiger partial charge in [0.1, 0.15) is 29.9 Å². The van der Waals surface area contributed by atoms with Crippen LogP contribution in [0.4, 0.5) is 0 Å². The van der Waals surface area contributed by atoms with Gasteiger partial charge >= 0.3 is 5.97 Å². The number of pyridine rings is 1. The summed E-state index contributed by atoms with van der Waals surface area (Å²) in [5.41, 5.74) is 9.50. The number of fused-ring (bicyclic) bond motifs is 6. The molecular formula is C52H70N8O8. The van der Waals surface area contributed by atoms with Gasteiger partial charge < -0.3 is 34.3 Å². The third kappa shape index (κ3) is 10.6. The van der Waals surface area contributed by atoms with Gasteiger partial charge in [-0.05, 0) is 112 Å². The highest BCUT2D eigenvalue weighted by Gasteiger charge is 2.44. The van der Waals surface area contributed by atoms with Crippen LogP contribution in [0.3, 0.4) is 0 Å². The number of amides is 4. The van der Waals surface area contributed by atoms with Crippen LogP contribution in [-0.4, -0.2) is 142 Å². The number of hydrazine groups is 1. The Morgan fingerprint density at radius 2 is 1.79 bits per heavy atom. The van der Waals surface area contributed by atoms with E-state index in [9.17, 15) is 29.1 Å². The maximum atomic E-state index is 14.7. The molecule has 3 N–H and O–H groups in total. The Kier molecular flexibility index (Phi) is 15.0. The smallest absolute Gasteiger partial charge is 0.324 e. The Balaban J connectivity index is 1.28. The first-order valence-corrected chi connectivity index (χ1v) is 24.0. The predicted octanol–water partition coefficient (Wildman–Crippen LogP) is 5.49. The monoisotopic (exact) mass is 935 g/mol. The summed E-state index contributed by atoms with van der Waals surface area (Å²) >= 11 is 0. The van der Waals surface area contributed by atoms with Gasteiger partial charge in [-0.25, -0.2) is 5.43 Å². The van der Waals surface area contributed by atoms with Crippen molar-refractivity contribution in [2.75, 3.05) is 47.4 Å². The van der Waals surface area contributed by atoms with Crippen LogP contribution in [0.15, 0.2) is 54.7 Å². The second-order valence-corrected chi connectivity index (χ2v) is 20.2. The van der Waals surface area contributed by atoms with Crippen molar-refractivity contribution in [3.05, 3.63) is 71.5 Å². The molecule has 16 heteroatoms. The van der Waals surface area contributed by atoms with Crippen LogP contribution in [0.2, 0.25) is 0 Å². The molecule has 6 atom stereocenters. The summed E-state index contributed by atoms with van der Waals surface area (Å²) < 4.78 is 14.2. The van der Waals surface area contributed by atoms with Crippen molar-refractivity contribution in [1.29, 1.82) is 0 Å². The maximum Gasteiger partial charge on any atom is 0.324 e. The number of carbonyl (C=O) groups excluding carboxylic acids is 5. The highest BCUT2D eigenvalue weighted by atomic mass is 16.5. The summed E-state index contributed by atoms with van der Waals surface area (Å²) in [7, 11) is 4.80. The van der Waals surface area contributed by atoms with Gasteiger partial charge in [0, 0.05) is 81.4 Å². The molecule has 4 aromatic rings. The van der Waals surface area contributed by atoms with E-state index in [1.165, 1.54) is 21.9 Å². The van der Waals surface area contributed by atoms with E-state index in [4.69, 9.17) is 14.5 Å². The number of likely N-dealkylation sites (N-methyl/N-ethyl adjacent to an activating group) is 2. The quantitative estimate of drug-likeness (QED) is 0.121. The van der Waals surface area contributed by atoms with E-state index >= 15 is 0 Å². The lowest BCUT2D eigenvalue weighted by Gasteiger charge is -2.37. The number of methoxy groups -OCH3 is 1. The topological polar surface area (TPSA) is 179 Å². The molecule has 0 saturated carbocycles. The fraction of sp³-hybridized carbons (Fsp3) is 0.538. The first kappa shape index (κ1) is 50.0. The molecule has 4 amide bonds. The van der Waals surface area contributed by atoms with Crippen LogP contribution in [0.25, 0.3) is 33.3 Å². The SMILES string of the molecule is CCn1c(-c2cccnc2[C@H](C)OC)c2c3cc(ccc31)-c1cc(O)cc(c1)C[C@H](NC(=O)C(C(C)C)N(C)C(=O)CN(C)C(=O)[C@H]1CN1C(C)C)C(=O)N1CCC[C@H](N1)C(=O)OCC(C)(C)C2. The van der Waals surface area contributed by atoms with Crippen LogP contribution in [0.5, 0.6) is 5.75 Å². The van der Waals surface area contributed by atoms with Crippen LogP contribution in [0, 0.1) is 11.3 Å². The Bertz CT molecular complexity index is 2550. The first-order chi connectivity index (χ1) is 32.2. The maximum absolute atomic E-state index is 14.7. The number of rotatable bonds is 12. The Morgan fingerprint density at radius 3 is 2.47 bits per heavy atom. The van der Waals surface area contributed by atoms with Crippen LogP contribution in [0.1, 0.15) is 91.2 Å². The molecule has 2 unspecified atom stereocenters. The molecule has 366 valence electrons. The summed E-state index contributed by atoms with van der Waals surface area (Å²) in [5, 5.41) is 16.7. The number of phenolic OH excluding ortho intramolecular Hbond substituents is 1. The number of benzene rings is 2. The number of cyclic esters (lactones) is 1. The number of aromatic nitrogens is 2. The largest absolute Gasteiger partial charge is 0.508 e. The summed E-state index contributed by atoms with van der Waals surface area (Å²) in [4.78, 5) is 79.7. The lowest BCUT2D eigenvalue weighted by Crippen LogP contribution is -2.62. The minimum Gasteiger partial charge on any atom is -0.508 e. The zero-order valence-electron chi connectivity index (χ0n) is 41.6. The molecule has 6 bridgehead atoms. The van der Waals surface area contributed by atoms with Crippen LogP contribution < -0.4 is 10.7 Å². The Morgan fingerprint density at radius 1 is 1.04 bits per heavy atom. The first-order valence-electron chi connectivity index (χ1n) is 24.0. The molecular weight excluding hydrogens is 865 g/mol. The molecule has 3 aliphatic heterocycles. The number of nitrogens with zero attached hydrogens (tertiary/aromatic N) is 6. The standard InChI is InChI=1S/C52H70N8O8/c1-12-58-42-18-17-34-25-38(42)39(47(58)37-15-13-19-53-45(37)32(6)67-11)26-52(7,8)29-68-51(66)40-16-14-20-60(55-40)49(64)41(23-33-21-35(34)24-36(61)22-33)54-48(63)46(30(2)3)57(10)44(62)28-56(9)50(65)43-27-59(43)31(4)5/h13,15,17-19,21-22,24-25,30-32,40-41,43,46,55,61H,12,14,16,20,23,26-29H2,1-11H3,(H,54,63)/t32-,40-,41-,43+,46?,59?/m0/s1. The van der Waals surface area contributed by atoms with Crippen LogP contribution >= 0.6 is 0 Å². The van der Waals surface area contributed by atoms with E-state index in [-0.39, 0.29) is 61.9 Å². The van der Waals surface area contributed by atoms with Gasteiger partial charge in [-0.1, -0.05) is 39.8 Å². The molecule has 2 aromatic carbocycles. The number of esters is 1. The van der Waals surface area contributed by atoms with Gasteiger partial charge in [0.25, 0.3) is 5.91 Å². The number of hydrogen-bond donors (Lipinski definition) is 3. The van der Waals surface area contributed by atoms with Gasteiger partial charge in [-0.3, -0.25) is 38.9 Å². The van der Waals surface area contributed by atoms with Gasteiger partial charge in [-0.15, -0.1) is 0 Å². The van der Waals surface area contributed by atoms with E-state index < -0.39 is 47.2 Å². The number of aryl methyl sites for hydroxylation is 1. The normalized spacial score (nSPS) is 21.5. The third-order valence-electron chi connectivity index (χ3n) is 13.7. The summed E-state index contributed by atoms with van der Waals surface area (Å²) in [5.74, 6) is -2.50. The van der Waals surface area contributed by atoms with E-state index in [0.717, 1.165) is 39.0 Å². The minimum atomic E-state index is -1.18. The van der Waals surface area contributed by atoms with E-state index in [1.54, 1.807) is 32.5 Å². The average molecular weight is 935 g/mol. The molecule has 5 heterocycles. The number of phenols is 1. The van der Waals surface area contributed by atoms with Gasteiger partial charge in [-0.2, -0.15) is 0 Å². The summed E-state index contributed by atoms with van der Waals surface area (Å²) in [6, 6.07) is 12.4. The molecule has 2 aromatic heterocycles. The van der Waals surface area contributed by atoms with E-state index in [0.29, 0.717) is 43.5 Å². The third-order valence-corrected chi connectivity index (χ3v) is 13.7. The van der Waals surface area contributed by atoms with Crippen molar-refractivity contribution < 1.29 is 38.6 Å². The van der Waals surface area contributed by atoms with Crippen LogP contribution in [-0.2, 0) is 52.8 Å². The van der Waals surface area contributed by atoms with Crippen molar-refractivity contribution >= 4 is 40.5 Å². The zero-order chi connectivity index (χ0) is 49.4. The Hall–Kier alpha value is -5.84. The highest BCUT2D eigenvalue weighted by Crippen LogP contribution is 2.42.